The maximum atomic E-state index is 11.7. The molecule has 6 heteroatoms. The lowest BCUT2D eigenvalue weighted by atomic mass is 10.1. The standard InChI is InChI=1S/C18H14ClNO4/c1-10-2-4-13-11(7-17(21)24-16(13)6-10)9-23-15-5-3-12(19)8-14(15)18(20)22/h2-8H,9H2,1H3,(H2,20,22). The molecular weight excluding hydrogens is 330 g/mol. The summed E-state index contributed by atoms with van der Waals surface area (Å²) in [6.07, 6.45) is 0. The van der Waals surface area contributed by atoms with Crippen LogP contribution in [0.4, 0.5) is 0 Å². The van der Waals surface area contributed by atoms with E-state index in [9.17, 15) is 9.59 Å². The lowest BCUT2D eigenvalue weighted by Crippen LogP contribution is -2.13. The van der Waals surface area contributed by atoms with Crippen LogP contribution < -0.4 is 16.1 Å². The van der Waals surface area contributed by atoms with Gasteiger partial charge in [-0.2, -0.15) is 0 Å². The van der Waals surface area contributed by atoms with E-state index in [-0.39, 0.29) is 12.2 Å². The van der Waals surface area contributed by atoms with Crippen molar-refractivity contribution in [2.45, 2.75) is 13.5 Å². The number of rotatable bonds is 4. The minimum Gasteiger partial charge on any atom is -0.488 e. The minimum atomic E-state index is -0.638. The zero-order chi connectivity index (χ0) is 17.3. The van der Waals surface area contributed by atoms with Crippen LogP contribution in [0.1, 0.15) is 21.5 Å². The van der Waals surface area contributed by atoms with Crippen LogP contribution in [0.2, 0.25) is 5.02 Å². The molecule has 2 N–H and O–H groups in total. The molecule has 0 fully saturated rings. The maximum absolute atomic E-state index is 11.7. The lowest BCUT2D eigenvalue weighted by Gasteiger charge is -2.11. The number of ether oxygens (including phenoxy) is 1. The van der Waals surface area contributed by atoms with Gasteiger partial charge in [-0.1, -0.05) is 23.7 Å². The number of primary amides is 1. The molecule has 0 spiro atoms. The summed E-state index contributed by atoms with van der Waals surface area (Å²) in [6.45, 7) is 2.00. The number of benzene rings is 2. The second-order valence-corrected chi connectivity index (χ2v) is 5.82. The number of halogens is 1. The summed E-state index contributed by atoms with van der Waals surface area (Å²) in [5, 5.41) is 1.16. The summed E-state index contributed by atoms with van der Waals surface area (Å²) in [4.78, 5) is 23.2. The van der Waals surface area contributed by atoms with Crippen LogP contribution in [0.3, 0.4) is 0 Å². The summed E-state index contributed by atoms with van der Waals surface area (Å²) in [7, 11) is 0. The van der Waals surface area contributed by atoms with E-state index in [1.165, 1.54) is 12.1 Å². The van der Waals surface area contributed by atoms with Gasteiger partial charge in [0, 0.05) is 22.0 Å². The molecule has 0 saturated heterocycles. The van der Waals surface area contributed by atoms with E-state index in [1.54, 1.807) is 18.2 Å². The first-order valence-electron chi connectivity index (χ1n) is 7.19. The zero-order valence-electron chi connectivity index (χ0n) is 12.8. The quantitative estimate of drug-likeness (QED) is 0.736. The molecule has 1 amide bonds. The fraction of sp³-hybridized carbons (Fsp3) is 0.111. The van der Waals surface area contributed by atoms with Crippen LogP contribution in [-0.2, 0) is 6.61 Å². The predicted octanol–water partition coefficient (Wildman–Crippen LogP) is 3.43. The Bertz CT molecular complexity index is 994. The third-order valence-corrected chi connectivity index (χ3v) is 3.81. The molecule has 0 radical (unpaired) electrons. The summed E-state index contributed by atoms with van der Waals surface area (Å²) in [5.74, 6) is -0.332. The van der Waals surface area contributed by atoms with Crippen molar-refractivity contribution < 1.29 is 13.9 Å². The smallest absolute Gasteiger partial charge is 0.336 e. The first-order chi connectivity index (χ1) is 11.4. The molecule has 0 atom stereocenters. The Balaban J connectivity index is 1.97. The number of aryl methyl sites for hydroxylation is 1. The molecule has 2 aromatic carbocycles. The predicted molar refractivity (Wildman–Crippen MR) is 91.5 cm³/mol. The number of nitrogens with two attached hydrogens (primary N) is 1. The Kier molecular flexibility index (Phi) is 4.27. The largest absolute Gasteiger partial charge is 0.488 e. The van der Waals surface area contributed by atoms with Crippen molar-refractivity contribution in [1.29, 1.82) is 0 Å². The first-order valence-corrected chi connectivity index (χ1v) is 7.57. The van der Waals surface area contributed by atoms with Crippen LogP contribution in [0.25, 0.3) is 11.0 Å². The van der Waals surface area contributed by atoms with Gasteiger partial charge in [0.05, 0.1) is 5.56 Å². The molecule has 0 aliphatic rings. The summed E-state index contributed by atoms with van der Waals surface area (Å²) < 4.78 is 10.9. The second kappa shape index (κ2) is 6.37. The molecule has 0 bridgehead atoms. The van der Waals surface area contributed by atoms with Crippen molar-refractivity contribution in [3.8, 4) is 5.75 Å². The second-order valence-electron chi connectivity index (χ2n) is 5.38. The number of carbonyl (C=O) groups excluding carboxylic acids is 1. The molecule has 5 nitrogen and oxygen atoms in total. The molecule has 3 aromatic rings. The number of fused-ring (bicyclic) bond motifs is 1. The summed E-state index contributed by atoms with van der Waals surface area (Å²) in [6, 6.07) is 11.6. The fourth-order valence-corrected chi connectivity index (χ4v) is 2.60. The molecule has 3 rings (SSSR count). The van der Waals surface area contributed by atoms with E-state index in [4.69, 9.17) is 26.5 Å². The minimum absolute atomic E-state index is 0.0904. The summed E-state index contributed by atoms with van der Waals surface area (Å²) in [5.41, 5.74) is 7.20. The van der Waals surface area contributed by atoms with Crippen LogP contribution in [-0.4, -0.2) is 5.91 Å². The van der Waals surface area contributed by atoms with Crippen molar-refractivity contribution in [2.24, 2.45) is 5.73 Å². The molecule has 122 valence electrons. The Hall–Kier alpha value is -2.79. The highest BCUT2D eigenvalue weighted by Gasteiger charge is 2.12. The van der Waals surface area contributed by atoms with Crippen LogP contribution >= 0.6 is 11.6 Å². The topological polar surface area (TPSA) is 82.5 Å². The Labute approximate surface area is 142 Å². The van der Waals surface area contributed by atoms with Gasteiger partial charge in [0.1, 0.15) is 17.9 Å². The average Bonchev–Trinajstić information content (AvgIpc) is 2.52. The van der Waals surface area contributed by atoms with Gasteiger partial charge in [-0.05, 0) is 36.8 Å². The molecule has 0 unspecified atom stereocenters. The number of carbonyl (C=O) groups is 1. The Morgan fingerprint density at radius 1 is 1.21 bits per heavy atom. The third kappa shape index (κ3) is 3.26. The number of hydrogen-bond acceptors (Lipinski definition) is 4. The lowest BCUT2D eigenvalue weighted by molar-refractivity contribution is 0.0996. The van der Waals surface area contributed by atoms with Crippen molar-refractivity contribution in [2.75, 3.05) is 0 Å². The highest BCUT2D eigenvalue weighted by molar-refractivity contribution is 6.31. The molecule has 24 heavy (non-hydrogen) atoms. The van der Waals surface area contributed by atoms with Crippen molar-refractivity contribution in [3.05, 3.63) is 74.6 Å². The van der Waals surface area contributed by atoms with E-state index in [2.05, 4.69) is 0 Å². The fourth-order valence-electron chi connectivity index (χ4n) is 2.43. The van der Waals surface area contributed by atoms with Gasteiger partial charge in [-0.15, -0.1) is 0 Å². The van der Waals surface area contributed by atoms with Gasteiger partial charge < -0.3 is 14.9 Å². The molecule has 0 aliphatic carbocycles. The Morgan fingerprint density at radius 2 is 2.00 bits per heavy atom. The van der Waals surface area contributed by atoms with Gasteiger partial charge in [-0.3, -0.25) is 4.79 Å². The highest BCUT2D eigenvalue weighted by Crippen LogP contribution is 2.25. The SMILES string of the molecule is Cc1ccc2c(COc3ccc(Cl)cc3C(N)=O)cc(=O)oc2c1. The van der Waals surface area contributed by atoms with E-state index >= 15 is 0 Å². The summed E-state index contributed by atoms with van der Waals surface area (Å²) >= 11 is 5.87. The van der Waals surface area contributed by atoms with Gasteiger partial charge in [0.2, 0.25) is 0 Å². The maximum Gasteiger partial charge on any atom is 0.336 e. The van der Waals surface area contributed by atoms with Gasteiger partial charge in [0.25, 0.3) is 5.91 Å². The van der Waals surface area contributed by atoms with Crippen LogP contribution in [0.15, 0.2) is 51.7 Å². The van der Waals surface area contributed by atoms with Crippen molar-refractivity contribution in [3.63, 3.8) is 0 Å². The van der Waals surface area contributed by atoms with E-state index < -0.39 is 11.5 Å². The van der Waals surface area contributed by atoms with E-state index in [1.807, 2.05) is 19.1 Å². The normalized spacial score (nSPS) is 10.8. The van der Waals surface area contributed by atoms with E-state index in [0.29, 0.717) is 21.9 Å². The van der Waals surface area contributed by atoms with Crippen LogP contribution in [0, 0.1) is 6.92 Å². The number of amides is 1. The molecule has 1 heterocycles. The van der Waals surface area contributed by atoms with Gasteiger partial charge >= 0.3 is 5.63 Å². The highest BCUT2D eigenvalue weighted by atomic mass is 35.5. The molecule has 1 aromatic heterocycles. The van der Waals surface area contributed by atoms with Gasteiger partial charge in [0.15, 0.2) is 0 Å². The monoisotopic (exact) mass is 343 g/mol. The first kappa shape index (κ1) is 16.1. The van der Waals surface area contributed by atoms with Gasteiger partial charge in [-0.25, -0.2) is 4.79 Å². The van der Waals surface area contributed by atoms with Crippen LogP contribution in [0.5, 0.6) is 5.75 Å². The molecular formula is C18H14ClNO4. The molecule has 0 saturated carbocycles. The number of hydrogen-bond donors (Lipinski definition) is 1. The Morgan fingerprint density at radius 3 is 2.75 bits per heavy atom. The average molecular weight is 344 g/mol. The zero-order valence-corrected chi connectivity index (χ0v) is 13.6. The third-order valence-electron chi connectivity index (χ3n) is 3.58. The van der Waals surface area contributed by atoms with Crippen molar-refractivity contribution >= 4 is 28.5 Å². The molecule has 0 aliphatic heterocycles. The van der Waals surface area contributed by atoms with Crippen molar-refractivity contribution in [1.82, 2.24) is 0 Å². The van der Waals surface area contributed by atoms with E-state index in [0.717, 1.165) is 10.9 Å².